The number of carbonyl (C=O) groups excluding carboxylic acids is 1. The third-order valence-electron chi connectivity index (χ3n) is 3.58. The van der Waals surface area contributed by atoms with Crippen LogP contribution in [0.2, 0.25) is 5.02 Å². The van der Waals surface area contributed by atoms with E-state index in [-0.39, 0.29) is 16.0 Å². The van der Waals surface area contributed by atoms with Gasteiger partial charge in [-0.15, -0.1) is 11.6 Å². The van der Waals surface area contributed by atoms with Crippen molar-refractivity contribution in [3.63, 3.8) is 0 Å². The summed E-state index contributed by atoms with van der Waals surface area (Å²) in [6.07, 6.45) is 3.72. The predicted octanol–water partition coefficient (Wildman–Crippen LogP) is 4.15. The summed E-state index contributed by atoms with van der Waals surface area (Å²) in [6, 6.07) is 1.63. The van der Waals surface area contributed by atoms with Crippen molar-refractivity contribution < 1.29 is 13.6 Å². The fraction of sp³-hybridized carbons (Fsp3) is 0.500. The summed E-state index contributed by atoms with van der Waals surface area (Å²) in [5, 5.41) is 2.52. The highest BCUT2D eigenvalue weighted by molar-refractivity contribution is 6.30. The Bertz CT molecular complexity index is 502. The summed E-state index contributed by atoms with van der Waals surface area (Å²) in [6.45, 7) is 0.451. The Balaban J connectivity index is 1.93. The Morgan fingerprint density at radius 2 is 1.85 bits per heavy atom. The number of amides is 1. The molecule has 2 rings (SSSR count). The zero-order valence-electron chi connectivity index (χ0n) is 10.8. The maximum absolute atomic E-state index is 13.6. The second kappa shape index (κ2) is 6.72. The van der Waals surface area contributed by atoms with E-state index in [0.717, 1.165) is 37.8 Å². The lowest BCUT2D eigenvalue weighted by Gasteiger charge is -2.25. The highest BCUT2D eigenvalue weighted by atomic mass is 35.5. The Labute approximate surface area is 126 Å². The van der Waals surface area contributed by atoms with E-state index in [0.29, 0.717) is 12.5 Å². The SMILES string of the molecule is O=C(NCC1CCC(Cl)CC1)c1cc(F)c(Cl)cc1F. The van der Waals surface area contributed by atoms with E-state index in [1.165, 1.54) is 0 Å². The van der Waals surface area contributed by atoms with Gasteiger partial charge >= 0.3 is 0 Å². The van der Waals surface area contributed by atoms with Crippen molar-refractivity contribution in [2.75, 3.05) is 6.54 Å². The summed E-state index contributed by atoms with van der Waals surface area (Å²) >= 11 is 11.4. The van der Waals surface area contributed by atoms with Gasteiger partial charge in [0.1, 0.15) is 11.6 Å². The van der Waals surface area contributed by atoms with Crippen LogP contribution in [-0.4, -0.2) is 17.8 Å². The number of halogens is 4. The first-order valence-electron chi connectivity index (χ1n) is 6.54. The largest absolute Gasteiger partial charge is 0.352 e. The van der Waals surface area contributed by atoms with Gasteiger partial charge < -0.3 is 5.32 Å². The number of carbonyl (C=O) groups is 1. The molecule has 0 spiro atoms. The predicted molar refractivity (Wildman–Crippen MR) is 75.3 cm³/mol. The van der Waals surface area contributed by atoms with Crippen LogP contribution in [0.15, 0.2) is 12.1 Å². The van der Waals surface area contributed by atoms with E-state index in [1.54, 1.807) is 0 Å². The van der Waals surface area contributed by atoms with Crippen molar-refractivity contribution in [2.45, 2.75) is 31.1 Å². The van der Waals surface area contributed by atoms with Crippen molar-refractivity contribution in [1.29, 1.82) is 0 Å². The van der Waals surface area contributed by atoms with Gasteiger partial charge in [0.2, 0.25) is 0 Å². The molecule has 0 aromatic heterocycles. The van der Waals surface area contributed by atoms with Crippen molar-refractivity contribution in [3.8, 4) is 0 Å². The molecule has 0 heterocycles. The van der Waals surface area contributed by atoms with Crippen LogP contribution in [0.25, 0.3) is 0 Å². The molecule has 1 saturated carbocycles. The molecule has 20 heavy (non-hydrogen) atoms. The second-order valence-corrected chi connectivity index (χ2v) is 6.10. The van der Waals surface area contributed by atoms with Crippen LogP contribution in [0.5, 0.6) is 0 Å². The molecule has 6 heteroatoms. The number of hydrogen-bond donors (Lipinski definition) is 1. The Morgan fingerprint density at radius 1 is 1.20 bits per heavy atom. The summed E-state index contributed by atoms with van der Waals surface area (Å²) < 4.78 is 26.8. The molecule has 1 N–H and O–H groups in total. The molecule has 110 valence electrons. The summed E-state index contributed by atoms with van der Waals surface area (Å²) in [7, 11) is 0. The van der Waals surface area contributed by atoms with E-state index in [9.17, 15) is 13.6 Å². The summed E-state index contributed by atoms with van der Waals surface area (Å²) in [5.41, 5.74) is -0.321. The topological polar surface area (TPSA) is 29.1 Å². The first kappa shape index (κ1) is 15.5. The Morgan fingerprint density at radius 3 is 2.50 bits per heavy atom. The number of rotatable bonds is 3. The lowest BCUT2D eigenvalue weighted by atomic mass is 9.89. The Kier molecular flexibility index (Phi) is 5.22. The molecule has 0 atom stereocenters. The molecule has 2 nitrogen and oxygen atoms in total. The molecule has 1 aliphatic carbocycles. The second-order valence-electron chi connectivity index (χ2n) is 5.07. The number of nitrogens with one attached hydrogen (secondary N) is 1. The van der Waals surface area contributed by atoms with Crippen LogP contribution in [0, 0.1) is 17.6 Å². The molecule has 1 amide bonds. The molecule has 1 fully saturated rings. The lowest BCUT2D eigenvalue weighted by molar-refractivity contribution is 0.0939. The molecule has 1 aliphatic rings. The van der Waals surface area contributed by atoms with E-state index in [4.69, 9.17) is 23.2 Å². The van der Waals surface area contributed by atoms with Crippen LogP contribution >= 0.6 is 23.2 Å². The molecular formula is C14H15Cl2F2NO. The third-order valence-corrected chi connectivity index (χ3v) is 4.31. The minimum atomic E-state index is -0.821. The maximum atomic E-state index is 13.6. The molecular weight excluding hydrogens is 307 g/mol. The van der Waals surface area contributed by atoms with Gasteiger partial charge in [0.15, 0.2) is 0 Å². The molecule has 0 radical (unpaired) electrons. The van der Waals surface area contributed by atoms with Gasteiger partial charge in [0.05, 0.1) is 10.6 Å². The summed E-state index contributed by atoms with van der Waals surface area (Å²) in [4.78, 5) is 11.8. The molecule has 0 saturated heterocycles. The highest BCUT2D eigenvalue weighted by Gasteiger charge is 2.21. The van der Waals surface area contributed by atoms with Gasteiger partial charge in [-0.3, -0.25) is 4.79 Å². The number of alkyl halides is 1. The van der Waals surface area contributed by atoms with Crippen molar-refractivity contribution >= 4 is 29.1 Å². The average Bonchev–Trinajstić information content (AvgIpc) is 2.42. The minimum absolute atomic E-state index is 0.213. The van der Waals surface area contributed by atoms with Crippen LogP contribution in [0.1, 0.15) is 36.0 Å². The molecule has 0 unspecified atom stereocenters. The van der Waals surface area contributed by atoms with Gasteiger partial charge in [0.25, 0.3) is 5.91 Å². The van der Waals surface area contributed by atoms with Crippen LogP contribution in [0.4, 0.5) is 8.78 Å². The van der Waals surface area contributed by atoms with Gasteiger partial charge in [0, 0.05) is 11.9 Å². The first-order valence-corrected chi connectivity index (χ1v) is 7.35. The Hall–Kier alpha value is -0.870. The van der Waals surface area contributed by atoms with Crippen molar-refractivity contribution in [1.82, 2.24) is 5.32 Å². The first-order chi connectivity index (χ1) is 9.47. The zero-order valence-corrected chi connectivity index (χ0v) is 12.3. The lowest BCUT2D eigenvalue weighted by Crippen LogP contribution is -2.32. The van der Waals surface area contributed by atoms with E-state index in [2.05, 4.69) is 5.32 Å². The minimum Gasteiger partial charge on any atom is -0.352 e. The third kappa shape index (κ3) is 3.83. The fourth-order valence-corrected chi connectivity index (χ4v) is 2.76. The number of hydrogen-bond acceptors (Lipinski definition) is 1. The van der Waals surface area contributed by atoms with Crippen LogP contribution in [0.3, 0.4) is 0 Å². The molecule has 1 aromatic rings. The van der Waals surface area contributed by atoms with Gasteiger partial charge in [-0.05, 0) is 43.7 Å². The highest BCUT2D eigenvalue weighted by Crippen LogP contribution is 2.27. The van der Waals surface area contributed by atoms with Gasteiger partial charge in [-0.2, -0.15) is 0 Å². The zero-order chi connectivity index (χ0) is 14.7. The van der Waals surface area contributed by atoms with E-state index < -0.39 is 17.5 Å². The van der Waals surface area contributed by atoms with Crippen LogP contribution in [-0.2, 0) is 0 Å². The molecule has 0 bridgehead atoms. The van der Waals surface area contributed by atoms with E-state index in [1.807, 2.05) is 0 Å². The van der Waals surface area contributed by atoms with Gasteiger partial charge in [-0.1, -0.05) is 11.6 Å². The quantitative estimate of drug-likeness (QED) is 0.657. The smallest absolute Gasteiger partial charge is 0.254 e. The van der Waals surface area contributed by atoms with Gasteiger partial charge in [-0.25, -0.2) is 8.78 Å². The fourth-order valence-electron chi connectivity index (χ4n) is 2.35. The summed E-state index contributed by atoms with van der Waals surface area (Å²) in [5.74, 6) is -1.90. The van der Waals surface area contributed by atoms with Crippen molar-refractivity contribution in [2.24, 2.45) is 5.92 Å². The molecule has 0 aliphatic heterocycles. The number of benzene rings is 1. The van der Waals surface area contributed by atoms with Crippen molar-refractivity contribution in [3.05, 3.63) is 34.4 Å². The van der Waals surface area contributed by atoms with E-state index >= 15 is 0 Å². The average molecular weight is 322 g/mol. The van der Waals surface area contributed by atoms with Crippen LogP contribution < -0.4 is 5.32 Å². The standard InChI is InChI=1S/C14H15Cl2F2NO/c15-9-3-1-8(2-4-9)7-19-14(20)10-5-13(18)11(16)6-12(10)17/h5-6,8-9H,1-4,7H2,(H,19,20). The normalized spacial score (nSPS) is 22.6. The maximum Gasteiger partial charge on any atom is 0.254 e. The monoisotopic (exact) mass is 321 g/mol. The molecule has 1 aromatic carbocycles.